The molecule has 1 N–H and O–H groups in total. The predicted octanol–water partition coefficient (Wildman–Crippen LogP) is 2.50. The molecule has 1 nitrogen and oxygen atoms in total. The van der Waals surface area contributed by atoms with Crippen LogP contribution in [-0.2, 0) is 0 Å². The fourth-order valence-corrected chi connectivity index (χ4v) is 1.89. The molecule has 0 amide bonds. The lowest BCUT2D eigenvalue weighted by atomic mass is 10.2. The van der Waals surface area contributed by atoms with Gasteiger partial charge in [-0.15, -0.1) is 23.7 Å². The van der Waals surface area contributed by atoms with Crippen LogP contribution in [0.3, 0.4) is 0 Å². The van der Waals surface area contributed by atoms with E-state index in [9.17, 15) is 5.11 Å². The van der Waals surface area contributed by atoms with Gasteiger partial charge in [-0.05, 0) is 25.5 Å². The van der Waals surface area contributed by atoms with E-state index in [0.29, 0.717) is 12.8 Å². The third kappa shape index (κ3) is 2.37. The number of rotatable bonds is 3. The minimum Gasteiger partial charge on any atom is -0.388 e. The minimum atomic E-state index is -0.375. The Morgan fingerprint density at radius 2 is 2.42 bits per heavy atom. The van der Waals surface area contributed by atoms with E-state index < -0.39 is 0 Å². The second kappa shape index (κ2) is 4.30. The van der Waals surface area contributed by atoms with Crippen LogP contribution in [0.15, 0.2) is 12.1 Å². The van der Waals surface area contributed by atoms with Crippen molar-refractivity contribution >= 4 is 11.3 Å². The Hall–Kier alpha value is -0.780. The second-order valence-electron chi connectivity index (χ2n) is 2.71. The normalized spacial score (nSPS) is 12.4. The third-order valence-electron chi connectivity index (χ3n) is 1.65. The van der Waals surface area contributed by atoms with Crippen LogP contribution < -0.4 is 0 Å². The molecule has 0 radical (unpaired) electrons. The molecule has 0 saturated carbocycles. The monoisotopic (exact) mass is 180 g/mol. The molecule has 1 atom stereocenters. The number of hydrogen-bond acceptors (Lipinski definition) is 2. The van der Waals surface area contributed by atoms with Gasteiger partial charge in [0.15, 0.2) is 0 Å². The molecule has 1 aromatic rings. The van der Waals surface area contributed by atoms with E-state index >= 15 is 0 Å². The van der Waals surface area contributed by atoms with Crippen LogP contribution in [0.4, 0.5) is 0 Å². The summed E-state index contributed by atoms with van der Waals surface area (Å²) in [5.74, 6) is 2.52. The zero-order valence-corrected chi connectivity index (χ0v) is 7.90. The lowest BCUT2D eigenvalue weighted by Crippen LogP contribution is -1.92. The van der Waals surface area contributed by atoms with Crippen molar-refractivity contribution < 1.29 is 5.11 Å². The van der Waals surface area contributed by atoms with Crippen molar-refractivity contribution in [3.8, 4) is 12.3 Å². The molecule has 12 heavy (non-hydrogen) atoms. The quantitative estimate of drug-likeness (QED) is 0.709. The number of terminal acetylenes is 1. The first-order valence-corrected chi connectivity index (χ1v) is 4.73. The highest BCUT2D eigenvalue weighted by Gasteiger charge is 2.07. The van der Waals surface area contributed by atoms with Gasteiger partial charge in [0.1, 0.15) is 0 Å². The highest BCUT2D eigenvalue weighted by atomic mass is 32.1. The fraction of sp³-hybridized carbons (Fsp3) is 0.400. The van der Waals surface area contributed by atoms with Crippen LogP contribution >= 0.6 is 11.3 Å². The first kappa shape index (κ1) is 9.31. The number of aryl methyl sites for hydroxylation is 1. The number of aliphatic hydroxyl groups is 1. The Labute approximate surface area is 77.1 Å². The summed E-state index contributed by atoms with van der Waals surface area (Å²) < 4.78 is 0. The number of thiophene rings is 1. The molecule has 0 aliphatic heterocycles. The lowest BCUT2D eigenvalue weighted by Gasteiger charge is -2.04. The minimum absolute atomic E-state index is 0.375. The van der Waals surface area contributed by atoms with E-state index in [2.05, 4.69) is 5.92 Å². The number of hydrogen-bond donors (Lipinski definition) is 1. The maximum absolute atomic E-state index is 9.58. The van der Waals surface area contributed by atoms with Gasteiger partial charge in [0.25, 0.3) is 0 Å². The smallest absolute Gasteiger partial charge is 0.0891 e. The largest absolute Gasteiger partial charge is 0.388 e. The summed E-state index contributed by atoms with van der Waals surface area (Å²) in [5, 5.41) is 9.58. The summed E-state index contributed by atoms with van der Waals surface area (Å²) in [6.07, 6.45) is 6.03. The first-order chi connectivity index (χ1) is 5.74. The van der Waals surface area contributed by atoms with Crippen molar-refractivity contribution in [1.82, 2.24) is 0 Å². The zero-order valence-electron chi connectivity index (χ0n) is 7.08. The molecular weight excluding hydrogens is 168 g/mol. The highest BCUT2D eigenvalue weighted by Crippen LogP contribution is 2.25. The topological polar surface area (TPSA) is 20.2 Å². The van der Waals surface area contributed by atoms with Gasteiger partial charge in [-0.25, -0.2) is 0 Å². The molecular formula is C10H12OS. The van der Waals surface area contributed by atoms with Crippen LogP contribution in [-0.4, -0.2) is 5.11 Å². The SMILES string of the molecule is C#CCCC(O)c1ccc(C)s1. The maximum atomic E-state index is 9.58. The second-order valence-corrected chi connectivity index (χ2v) is 4.03. The van der Waals surface area contributed by atoms with Gasteiger partial charge in [0, 0.05) is 16.2 Å². The molecule has 1 heterocycles. The molecule has 0 aromatic carbocycles. The van der Waals surface area contributed by atoms with Crippen LogP contribution in [0, 0.1) is 19.3 Å². The van der Waals surface area contributed by atoms with Crippen LogP contribution in [0.25, 0.3) is 0 Å². The molecule has 1 rings (SSSR count). The molecule has 0 aliphatic rings. The van der Waals surface area contributed by atoms with E-state index in [1.165, 1.54) is 4.88 Å². The summed E-state index contributed by atoms with van der Waals surface area (Å²) in [5.41, 5.74) is 0. The zero-order chi connectivity index (χ0) is 8.97. The van der Waals surface area contributed by atoms with Gasteiger partial charge in [-0.1, -0.05) is 0 Å². The lowest BCUT2D eigenvalue weighted by molar-refractivity contribution is 0.173. The van der Waals surface area contributed by atoms with Gasteiger partial charge < -0.3 is 5.11 Å². The van der Waals surface area contributed by atoms with Crippen molar-refractivity contribution in [3.63, 3.8) is 0 Å². The van der Waals surface area contributed by atoms with E-state index in [0.717, 1.165) is 4.88 Å². The standard InChI is InChI=1S/C10H12OS/c1-3-4-5-9(11)10-7-6-8(2)12-10/h1,6-7,9,11H,4-5H2,2H3. The van der Waals surface area contributed by atoms with Crippen molar-refractivity contribution in [2.75, 3.05) is 0 Å². The van der Waals surface area contributed by atoms with Gasteiger partial charge in [0.05, 0.1) is 6.10 Å². The van der Waals surface area contributed by atoms with Crippen LogP contribution in [0.5, 0.6) is 0 Å². The molecule has 0 spiro atoms. The average Bonchev–Trinajstić information content (AvgIpc) is 2.47. The first-order valence-electron chi connectivity index (χ1n) is 3.92. The van der Waals surface area contributed by atoms with Crippen LogP contribution in [0.2, 0.25) is 0 Å². The van der Waals surface area contributed by atoms with Crippen LogP contribution in [0.1, 0.15) is 28.7 Å². The van der Waals surface area contributed by atoms with Crippen molar-refractivity contribution in [1.29, 1.82) is 0 Å². The van der Waals surface area contributed by atoms with Gasteiger partial charge in [-0.2, -0.15) is 0 Å². The summed E-state index contributed by atoms with van der Waals surface area (Å²) in [4.78, 5) is 2.24. The molecule has 1 aromatic heterocycles. The summed E-state index contributed by atoms with van der Waals surface area (Å²) in [7, 11) is 0. The van der Waals surface area contributed by atoms with Crippen molar-refractivity contribution in [3.05, 3.63) is 21.9 Å². The summed E-state index contributed by atoms with van der Waals surface area (Å²) >= 11 is 1.63. The Morgan fingerprint density at radius 1 is 1.67 bits per heavy atom. The van der Waals surface area contributed by atoms with E-state index in [4.69, 9.17) is 6.42 Å². The average molecular weight is 180 g/mol. The van der Waals surface area contributed by atoms with E-state index in [-0.39, 0.29) is 6.10 Å². The number of aliphatic hydroxyl groups excluding tert-OH is 1. The molecule has 1 unspecified atom stereocenters. The Morgan fingerprint density at radius 3 is 2.92 bits per heavy atom. The summed E-state index contributed by atoms with van der Waals surface area (Å²) in [6, 6.07) is 3.97. The Bertz CT molecular complexity index is 282. The van der Waals surface area contributed by atoms with Gasteiger partial charge in [0.2, 0.25) is 0 Å². The van der Waals surface area contributed by atoms with E-state index in [1.807, 2.05) is 19.1 Å². The molecule has 0 saturated heterocycles. The molecule has 64 valence electrons. The predicted molar refractivity (Wildman–Crippen MR) is 52.1 cm³/mol. The third-order valence-corrected chi connectivity index (χ3v) is 2.75. The highest BCUT2D eigenvalue weighted by molar-refractivity contribution is 7.11. The van der Waals surface area contributed by atoms with Crippen molar-refractivity contribution in [2.24, 2.45) is 0 Å². The van der Waals surface area contributed by atoms with Gasteiger partial charge >= 0.3 is 0 Å². The molecule has 0 fully saturated rings. The Balaban J connectivity index is 2.54. The molecule has 0 bridgehead atoms. The Kier molecular flexibility index (Phi) is 3.33. The van der Waals surface area contributed by atoms with Crippen molar-refractivity contribution in [2.45, 2.75) is 25.9 Å². The maximum Gasteiger partial charge on any atom is 0.0891 e. The fourth-order valence-electron chi connectivity index (χ4n) is 0.995. The summed E-state index contributed by atoms with van der Waals surface area (Å²) in [6.45, 7) is 2.03. The molecule has 0 aliphatic carbocycles. The van der Waals surface area contributed by atoms with E-state index in [1.54, 1.807) is 11.3 Å². The molecule has 2 heteroatoms. The van der Waals surface area contributed by atoms with Gasteiger partial charge in [-0.3, -0.25) is 0 Å².